The topological polar surface area (TPSA) is 93.4 Å². The SMILES string of the molecule is Cc1ccc(S(=O)(=O)Nc2ccc(C(=O)c3cc4cc(Br)ccc4oc3=O)cc2)cc1. The summed E-state index contributed by atoms with van der Waals surface area (Å²) >= 11 is 3.35. The van der Waals surface area contributed by atoms with Crippen LogP contribution in [0, 0.1) is 6.92 Å². The molecule has 4 rings (SSSR count). The van der Waals surface area contributed by atoms with Gasteiger partial charge in [-0.05, 0) is 67.6 Å². The van der Waals surface area contributed by atoms with E-state index in [0.717, 1.165) is 10.0 Å². The molecule has 0 radical (unpaired) electrons. The van der Waals surface area contributed by atoms with Gasteiger partial charge in [-0.3, -0.25) is 9.52 Å². The van der Waals surface area contributed by atoms with E-state index in [-0.39, 0.29) is 16.0 Å². The van der Waals surface area contributed by atoms with E-state index < -0.39 is 21.4 Å². The van der Waals surface area contributed by atoms with Gasteiger partial charge in [-0.15, -0.1) is 0 Å². The fraction of sp³-hybridized carbons (Fsp3) is 0.0435. The summed E-state index contributed by atoms with van der Waals surface area (Å²) in [6.45, 7) is 1.87. The molecule has 3 aromatic carbocycles. The molecule has 31 heavy (non-hydrogen) atoms. The van der Waals surface area contributed by atoms with Crippen LogP contribution < -0.4 is 10.3 Å². The van der Waals surface area contributed by atoms with Gasteiger partial charge in [0.25, 0.3) is 10.0 Å². The first-order valence-electron chi connectivity index (χ1n) is 9.21. The van der Waals surface area contributed by atoms with E-state index in [2.05, 4.69) is 20.7 Å². The minimum Gasteiger partial charge on any atom is -0.422 e. The maximum atomic E-state index is 12.8. The predicted molar refractivity (Wildman–Crippen MR) is 122 cm³/mol. The van der Waals surface area contributed by atoms with Gasteiger partial charge in [-0.1, -0.05) is 33.6 Å². The average molecular weight is 498 g/mol. The Hall–Kier alpha value is -3.23. The number of sulfonamides is 1. The van der Waals surface area contributed by atoms with E-state index in [0.29, 0.717) is 16.7 Å². The predicted octanol–water partition coefficient (Wildman–Crippen LogP) is 4.90. The Labute approximate surface area is 186 Å². The zero-order valence-electron chi connectivity index (χ0n) is 16.3. The molecule has 6 nitrogen and oxygen atoms in total. The van der Waals surface area contributed by atoms with Gasteiger partial charge in [0, 0.05) is 21.1 Å². The molecule has 0 aliphatic carbocycles. The third-order valence-electron chi connectivity index (χ3n) is 4.67. The summed E-state index contributed by atoms with van der Waals surface area (Å²) in [4.78, 5) is 25.2. The van der Waals surface area contributed by atoms with Crippen molar-refractivity contribution in [3.63, 3.8) is 0 Å². The van der Waals surface area contributed by atoms with Gasteiger partial charge in [-0.2, -0.15) is 0 Å². The van der Waals surface area contributed by atoms with Crippen molar-refractivity contribution >= 4 is 48.4 Å². The van der Waals surface area contributed by atoms with Gasteiger partial charge < -0.3 is 4.42 Å². The Morgan fingerprint density at radius 3 is 2.29 bits per heavy atom. The number of anilines is 1. The highest BCUT2D eigenvalue weighted by Crippen LogP contribution is 2.22. The number of ketones is 1. The fourth-order valence-electron chi connectivity index (χ4n) is 3.03. The highest BCUT2D eigenvalue weighted by molar-refractivity contribution is 9.10. The number of carbonyl (C=O) groups excluding carboxylic acids is 1. The summed E-state index contributed by atoms with van der Waals surface area (Å²) in [7, 11) is -3.75. The minimum atomic E-state index is -3.75. The van der Waals surface area contributed by atoms with Crippen LogP contribution >= 0.6 is 15.9 Å². The van der Waals surface area contributed by atoms with Crippen LogP contribution in [-0.4, -0.2) is 14.2 Å². The Morgan fingerprint density at radius 1 is 0.935 bits per heavy atom. The van der Waals surface area contributed by atoms with E-state index in [4.69, 9.17) is 4.42 Å². The monoisotopic (exact) mass is 497 g/mol. The minimum absolute atomic E-state index is 0.0985. The highest BCUT2D eigenvalue weighted by Gasteiger charge is 2.17. The zero-order chi connectivity index (χ0) is 22.2. The van der Waals surface area contributed by atoms with Crippen LogP contribution in [0.4, 0.5) is 5.69 Å². The van der Waals surface area contributed by atoms with Crippen LogP contribution in [0.3, 0.4) is 0 Å². The Kier molecular flexibility index (Phi) is 5.51. The average Bonchev–Trinajstić information content (AvgIpc) is 2.73. The molecule has 0 amide bonds. The summed E-state index contributed by atoms with van der Waals surface area (Å²) in [5, 5.41) is 0.611. The molecule has 0 bridgehead atoms. The number of benzene rings is 3. The van der Waals surface area contributed by atoms with Gasteiger partial charge in [-0.25, -0.2) is 13.2 Å². The van der Waals surface area contributed by atoms with Crippen LogP contribution in [-0.2, 0) is 10.0 Å². The summed E-state index contributed by atoms with van der Waals surface area (Å²) in [5.74, 6) is -0.511. The number of hydrogen-bond acceptors (Lipinski definition) is 5. The molecule has 0 saturated heterocycles. The molecule has 0 aliphatic heterocycles. The molecular weight excluding hydrogens is 482 g/mol. The van der Waals surface area contributed by atoms with E-state index in [1.807, 2.05) is 6.92 Å². The van der Waals surface area contributed by atoms with Crippen LogP contribution in [0.25, 0.3) is 11.0 Å². The molecule has 0 aliphatic rings. The molecule has 0 spiro atoms. The van der Waals surface area contributed by atoms with Crippen molar-refractivity contribution in [1.29, 1.82) is 0 Å². The molecular formula is C23H16BrNO5S. The van der Waals surface area contributed by atoms with Crippen LogP contribution in [0.2, 0.25) is 0 Å². The standard InChI is InChI=1S/C23H16BrNO5S/c1-14-2-9-19(10-3-14)31(28,29)25-18-7-4-15(5-8-18)22(26)20-13-16-12-17(24)6-11-21(16)30-23(20)27/h2-13,25H,1H3. The molecule has 1 aromatic heterocycles. The molecule has 1 heterocycles. The van der Waals surface area contributed by atoms with E-state index in [9.17, 15) is 18.0 Å². The Balaban J connectivity index is 1.60. The molecule has 4 aromatic rings. The molecule has 0 fully saturated rings. The van der Waals surface area contributed by atoms with Gasteiger partial charge in [0.2, 0.25) is 0 Å². The lowest BCUT2D eigenvalue weighted by Crippen LogP contribution is -2.15. The van der Waals surface area contributed by atoms with Crippen LogP contribution in [0.15, 0.2) is 91.4 Å². The lowest BCUT2D eigenvalue weighted by molar-refractivity contribution is 0.103. The lowest BCUT2D eigenvalue weighted by atomic mass is 10.0. The molecule has 0 unspecified atom stereocenters. The maximum Gasteiger partial charge on any atom is 0.347 e. The largest absolute Gasteiger partial charge is 0.422 e. The Bertz CT molecular complexity index is 1460. The van der Waals surface area contributed by atoms with Crippen molar-refractivity contribution in [2.75, 3.05) is 4.72 Å². The molecule has 0 atom stereocenters. The van der Waals surface area contributed by atoms with E-state index in [1.165, 1.54) is 42.5 Å². The van der Waals surface area contributed by atoms with Crippen molar-refractivity contribution in [3.05, 3.63) is 104 Å². The number of fused-ring (bicyclic) bond motifs is 1. The van der Waals surface area contributed by atoms with Crippen LogP contribution in [0.5, 0.6) is 0 Å². The normalized spacial score (nSPS) is 11.4. The second kappa shape index (κ2) is 8.13. The highest BCUT2D eigenvalue weighted by atomic mass is 79.9. The number of carbonyl (C=O) groups is 1. The molecule has 156 valence electrons. The van der Waals surface area contributed by atoms with Gasteiger partial charge >= 0.3 is 5.63 Å². The lowest BCUT2D eigenvalue weighted by Gasteiger charge is -2.09. The first-order chi connectivity index (χ1) is 14.7. The Morgan fingerprint density at radius 2 is 1.61 bits per heavy atom. The van der Waals surface area contributed by atoms with Gasteiger partial charge in [0.1, 0.15) is 11.1 Å². The second-order valence-electron chi connectivity index (χ2n) is 6.95. The van der Waals surface area contributed by atoms with Crippen molar-refractivity contribution in [3.8, 4) is 0 Å². The van der Waals surface area contributed by atoms with Crippen molar-refractivity contribution in [1.82, 2.24) is 0 Å². The van der Waals surface area contributed by atoms with Crippen LogP contribution in [0.1, 0.15) is 21.5 Å². The number of nitrogens with one attached hydrogen (secondary N) is 1. The number of halogens is 1. The summed E-state index contributed by atoms with van der Waals surface area (Å²) in [6.07, 6.45) is 0. The summed E-state index contributed by atoms with van der Waals surface area (Å²) < 4.78 is 33.5. The first-order valence-corrected chi connectivity index (χ1v) is 11.5. The van der Waals surface area contributed by atoms with Crippen molar-refractivity contribution < 1.29 is 17.6 Å². The van der Waals surface area contributed by atoms with Gasteiger partial charge in [0.15, 0.2) is 5.78 Å². The number of rotatable bonds is 5. The molecule has 8 heteroatoms. The van der Waals surface area contributed by atoms with E-state index >= 15 is 0 Å². The van der Waals surface area contributed by atoms with Crippen molar-refractivity contribution in [2.24, 2.45) is 0 Å². The third-order valence-corrected chi connectivity index (χ3v) is 6.56. The van der Waals surface area contributed by atoms with Crippen molar-refractivity contribution in [2.45, 2.75) is 11.8 Å². The number of hydrogen-bond donors (Lipinski definition) is 1. The van der Waals surface area contributed by atoms with E-state index in [1.54, 1.807) is 30.3 Å². The number of aryl methyl sites for hydroxylation is 1. The summed E-state index contributed by atoms with van der Waals surface area (Å²) in [6, 6.07) is 18.9. The summed E-state index contributed by atoms with van der Waals surface area (Å²) in [5.41, 5.74) is 1.03. The quantitative estimate of drug-likeness (QED) is 0.312. The van der Waals surface area contributed by atoms with Gasteiger partial charge in [0.05, 0.1) is 4.90 Å². The zero-order valence-corrected chi connectivity index (χ0v) is 18.7. The first kappa shape index (κ1) is 21.0. The molecule has 0 saturated carbocycles. The second-order valence-corrected chi connectivity index (χ2v) is 9.55. The third kappa shape index (κ3) is 4.45. The fourth-order valence-corrected chi connectivity index (χ4v) is 4.47. The maximum absolute atomic E-state index is 12.8. The smallest absolute Gasteiger partial charge is 0.347 e. The molecule has 1 N–H and O–H groups in total.